The number of amidine groups is 1. The van der Waals surface area contributed by atoms with Gasteiger partial charge in [0, 0.05) is 24.4 Å². The van der Waals surface area contributed by atoms with Crippen LogP contribution < -0.4 is 14.8 Å². The van der Waals surface area contributed by atoms with Crippen LogP contribution in [0.1, 0.15) is 35.9 Å². The second kappa shape index (κ2) is 10.1. The van der Waals surface area contributed by atoms with Crippen molar-refractivity contribution in [1.82, 2.24) is 10.3 Å². The molecule has 0 saturated heterocycles. The predicted octanol–water partition coefficient (Wildman–Crippen LogP) is 4.42. The van der Waals surface area contributed by atoms with E-state index >= 15 is 0 Å². The zero-order valence-electron chi connectivity index (χ0n) is 17.8. The number of hydrogen-bond donors (Lipinski definition) is 1. The normalized spacial score (nSPS) is 15.5. The Bertz CT molecular complexity index is 1030. The molecule has 1 aliphatic heterocycles. The summed E-state index contributed by atoms with van der Waals surface area (Å²) in [6, 6.07) is 11.2. The molecular weight excluding hydrogens is 438 g/mol. The van der Waals surface area contributed by atoms with Crippen LogP contribution in [0.2, 0.25) is 5.02 Å². The highest BCUT2D eigenvalue weighted by Crippen LogP contribution is 2.42. The molecule has 1 heterocycles. The zero-order chi connectivity index (χ0) is 22.5. The Kier molecular flexibility index (Phi) is 7.46. The molecule has 2 amide bonds. The van der Waals surface area contributed by atoms with Gasteiger partial charge in [-0.15, -0.1) is 5.10 Å². The van der Waals surface area contributed by atoms with Gasteiger partial charge < -0.3 is 14.8 Å². The van der Waals surface area contributed by atoms with Crippen LogP contribution in [0.3, 0.4) is 0 Å². The number of thioether (sulfide) groups is 1. The number of aryl methyl sites for hydroxylation is 2. The minimum atomic E-state index is -0.436. The van der Waals surface area contributed by atoms with Gasteiger partial charge in [0.2, 0.25) is 11.8 Å². The van der Waals surface area contributed by atoms with E-state index in [1.807, 2.05) is 44.2 Å². The summed E-state index contributed by atoms with van der Waals surface area (Å²) in [5.41, 5.74) is 2.76. The summed E-state index contributed by atoms with van der Waals surface area (Å²) < 4.78 is 11.7. The molecule has 2 aromatic rings. The molecule has 1 N–H and O–H groups in total. The fourth-order valence-corrected chi connectivity index (χ4v) is 4.25. The van der Waals surface area contributed by atoms with Crippen LogP contribution in [0.4, 0.5) is 0 Å². The van der Waals surface area contributed by atoms with Crippen LogP contribution in [0.15, 0.2) is 41.5 Å². The number of carbonyl (C=O) groups excluding carboxylic acids is 2. The largest absolute Gasteiger partial charge is 0.490 e. The first-order valence-electron chi connectivity index (χ1n) is 9.69. The van der Waals surface area contributed by atoms with Crippen LogP contribution >= 0.6 is 23.4 Å². The molecule has 0 spiro atoms. The molecule has 0 aliphatic carbocycles. The van der Waals surface area contributed by atoms with Crippen molar-refractivity contribution < 1.29 is 19.1 Å². The smallest absolute Gasteiger partial charge is 0.241 e. The first kappa shape index (κ1) is 23.0. The number of halogens is 1. The molecule has 9 heteroatoms. The van der Waals surface area contributed by atoms with E-state index in [2.05, 4.69) is 10.4 Å². The average molecular weight is 462 g/mol. The number of amides is 2. The topological polar surface area (TPSA) is 80.2 Å². The Morgan fingerprint density at radius 3 is 2.55 bits per heavy atom. The van der Waals surface area contributed by atoms with Gasteiger partial charge in [-0.2, -0.15) is 0 Å². The van der Waals surface area contributed by atoms with Gasteiger partial charge in [-0.1, -0.05) is 35.0 Å². The highest BCUT2D eigenvalue weighted by molar-refractivity contribution is 8.14. The molecule has 1 atom stereocenters. The third-order valence-electron chi connectivity index (χ3n) is 4.42. The Balaban J connectivity index is 1.70. The van der Waals surface area contributed by atoms with Crippen LogP contribution in [0.5, 0.6) is 11.5 Å². The van der Waals surface area contributed by atoms with E-state index < -0.39 is 5.37 Å². The number of rotatable bonds is 6. The summed E-state index contributed by atoms with van der Waals surface area (Å²) in [6.07, 6.45) is 0. The van der Waals surface area contributed by atoms with Crippen molar-refractivity contribution in [3.8, 4) is 11.5 Å². The van der Waals surface area contributed by atoms with E-state index in [0.717, 1.165) is 22.4 Å². The van der Waals surface area contributed by atoms with E-state index in [9.17, 15) is 9.59 Å². The molecule has 0 saturated carbocycles. The van der Waals surface area contributed by atoms with Gasteiger partial charge in [0.05, 0.1) is 0 Å². The number of benzene rings is 2. The first-order chi connectivity index (χ1) is 14.7. The lowest BCUT2D eigenvalue weighted by molar-refractivity contribution is -0.129. The Hall–Kier alpha value is -2.71. The Labute approximate surface area is 190 Å². The molecule has 0 fully saturated rings. The molecular formula is C22H24ClN3O4S. The second-order valence-electron chi connectivity index (χ2n) is 7.07. The minimum Gasteiger partial charge on any atom is -0.490 e. The molecule has 164 valence electrons. The lowest BCUT2D eigenvalue weighted by Crippen LogP contribution is -2.25. The molecule has 1 aliphatic rings. The fourth-order valence-electron chi connectivity index (χ4n) is 2.98. The molecule has 0 unspecified atom stereocenters. The summed E-state index contributed by atoms with van der Waals surface area (Å²) >= 11 is 7.33. The number of ether oxygens (including phenoxy) is 2. The third kappa shape index (κ3) is 5.92. The average Bonchev–Trinajstić information content (AvgIpc) is 3.12. The van der Waals surface area contributed by atoms with Crippen molar-refractivity contribution in [1.29, 1.82) is 0 Å². The predicted molar refractivity (Wildman–Crippen MR) is 122 cm³/mol. The van der Waals surface area contributed by atoms with Gasteiger partial charge >= 0.3 is 0 Å². The van der Waals surface area contributed by atoms with E-state index in [1.54, 1.807) is 6.07 Å². The lowest BCUT2D eigenvalue weighted by atomic mass is 10.1. The number of carbonyl (C=O) groups is 2. The van der Waals surface area contributed by atoms with Crippen molar-refractivity contribution in [3.63, 3.8) is 0 Å². The van der Waals surface area contributed by atoms with Crippen molar-refractivity contribution >= 4 is 40.3 Å². The SMILES string of the molecule is CC(=O)NC1=NN(C(C)=O)[C@@H](c2cc(C)ccc2OCCOc2ccc(Cl)c(C)c2)S1. The van der Waals surface area contributed by atoms with E-state index in [4.69, 9.17) is 21.1 Å². The number of nitrogens with zero attached hydrogens (tertiary/aromatic N) is 2. The van der Waals surface area contributed by atoms with Crippen LogP contribution in [-0.2, 0) is 9.59 Å². The van der Waals surface area contributed by atoms with Gasteiger partial charge in [0.1, 0.15) is 30.1 Å². The van der Waals surface area contributed by atoms with Gasteiger partial charge in [0.15, 0.2) is 5.17 Å². The summed E-state index contributed by atoms with van der Waals surface area (Å²) in [7, 11) is 0. The van der Waals surface area contributed by atoms with E-state index in [-0.39, 0.29) is 11.8 Å². The van der Waals surface area contributed by atoms with Crippen LogP contribution in [-0.4, -0.2) is 35.2 Å². The van der Waals surface area contributed by atoms with Crippen molar-refractivity contribution in [2.24, 2.45) is 5.10 Å². The highest BCUT2D eigenvalue weighted by atomic mass is 35.5. The maximum Gasteiger partial charge on any atom is 0.241 e. The standard InChI is InChI=1S/C22H24ClN3O4S/c1-13-5-8-20(30-10-9-29-17-6-7-19(23)14(2)12-17)18(11-13)21-26(16(4)28)25-22(31-21)24-15(3)27/h5-8,11-12,21H,9-10H2,1-4H3,(H,24,25,27)/t21-/m1/s1. The van der Waals surface area contributed by atoms with Gasteiger partial charge in [-0.25, -0.2) is 5.01 Å². The lowest BCUT2D eigenvalue weighted by Gasteiger charge is -2.22. The van der Waals surface area contributed by atoms with Crippen LogP contribution in [0, 0.1) is 13.8 Å². The monoisotopic (exact) mass is 461 g/mol. The fraction of sp³-hybridized carbons (Fsp3) is 0.318. The van der Waals surface area contributed by atoms with Crippen molar-refractivity contribution in [3.05, 3.63) is 58.1 Å². The number of hydrogen-bond acceptors (Lipinski definition) is 6. The maximum absolute atomic E-state index is 12.1. The Morgan fingerprint density at radius 1 is 1.13 bits per heavy atom. The first-order valence-corrected chi connectivity index (χ1v) is 11.0. The van der Waals surface area contributed by atoms with Crippen LogP contribution in [0.25, 0.3) is 0 Å². The quantitative estimate of drug-likeness (QED) is 0.644. The number of hydrazone groups is 1. The van der Waals surface area contributed by atoms with Gasteiger partial charge in [-0.05, 0) is 49.7 Å². The number of nitrogens with one attached hydrogen (secondary N) is 1. The molecule has 0 aromatic heterocycles. The Morgan fingerprint density at radius 2 is 1.87 bits per heavy atom. The summed E-state index contributed by atoms with van der Waals surface area (Å²) in [5.74, 6) is 0.874. The third-order valence-corrected chi connectivity index (χ3v) is 5.93. The molecule has 7 nitrogen and oxygen atoms in total. The highest BCUT2D eigenvalue weighted by Gasteiger charge is 2.34. The summed E-state index contributed by atoms with van der Waals surface area (Å²) in [4.78, 5) is 23.6. The van der Waals surface area contributed by atoms with Crippen molar-refractivity contribution in [2.75, 3.05) is 13.2 Å². The maximum atomic E-state index is 12.1. The van der Waals surface area contributed by atoms with Gasteiger partial charge in [-0.3, -0.25) is 9.59 Å². The molecule has 3 rings (SSSR count). The molecule has 0 radical (unpaired) electrons. The molecule has 0 bridgehead atoms. The second-order valence-corrected chi connectivity index (χ2v) is 8.55. The van der Waals surface area contributed by atoms with E-state index in [0.29, 0.717) is 29.2 Å². The summed E-state index contributed by atoms with van der Waals surface area (Å²) in [6.45, 7) is 7.38. The minimum absolute atomic E-state index is 0.230. The summed E-state index contributed by atoms with van der Waals surface area (Å²) in [5, 5.41) is 8.88. The van der Waals surface area contributed by atoms with E-state index in [1.165, 1.54) is 30.6 Å². The van der Waals surface area contributed by atoms with Crippen molar-refractivity contribution in [2.45, 2.75) is 33.1 Å². The zero-order valence-corrected chi connectivity index (χ0v) is 19.3. The van der Waals surface area contributed by atoms with Gasteiger partial charge in [0.25, 0.3) is 0 Å². The molecule has 31 heavy (non-hydrogen) atoms. The molecule has 2 aromatic carbocycles.